The van der Waals surface area contributed by atoms with Gasteiger partial charge in [0.1, 0.15) is 15.5 Å². The molecule has 0 saturated carbocycles. The average Bonchev–Trinajstić information content (AvgIpc) is 3.10. The molecule has 6 aromatic rings. The Morgan fingerprint density at radius 2 is 1.31 bits per heavy atom. The third-order valence-corrected chi connectivity index (χ3v) is 11.2. The molecule has 18 heteroatoms. The Bertz CT molecular complexity index is 3030. The highest BCUT2D eigenvalue weighted by Gasteiger charge is 2.35. The van der Waals surface area contributed by atoms with E-state index >= 15 is 0 Å². The van der Waals surface area contributed by atoms with Crippen molar-refractivity contribution in [1.82, 2.24) is 4.98 Å². The summed E-state index contributed by atoms with van der Waals surface area (Å²) in [5.41, 5.74) is -1.84. The van der Waals surface area contributed by atoms with E-state index in [0.29, 0.717) is 11.6 Å². The van der Waals surface area contributed by atoms with Crippen LogP contribution in [0.25, 0.3) is 22.0 Å². The van der Waals surface area contributed by atoms with Crippen LogP contribution in [0.15, 0.2) is 117 Å². The minimum Gasteiger partial charge on any atom is -0.454 e. The van der Waals surface area contributed by atoms with Crippen LogP contribution >= 0.6 is 0 Å². The molecule has 1 aromatic heterocycles. The van der Waals surface area contributed by atoms with E-state index in [1.165, 1.54) is 42.5 Å². The largest absolute Gasteiger partial charge is 0.454 e. The van der Waals surface area contributed by atoms with E-state index in [1.807, 2.05) is 0 Å². The lowest BCUT2D eigenvalue weighted by atomic mass is 9.80. The average molecular weight is 789 g/mol. The molecule has 0 aliphatic heterocycles. The number of aromatic nitrogens is 1. The first-order valence-corrected chi connectivity index (χ1v) is 19.8. The molecule has 0 bridgehead atoms. The van der Waals surface area contributed by atoms with Crippen LogP contribution in [-0.2, 0) is 30.4 Å². The van der Waals surface area contributed by atoms with E-state index < -0.39 is 73.6 Å². The molecule has 7 rings (SSSR count). The van der Waals surface area contributed by atoms with Gasteiger partial charge in [0.15, 0.2) is 17.3 Å². The molecule has 1 heterocycles. The van der Waals surface area contributed by atoms with E-state index in [2.05, 4.69) is 10.3 Å². The number of hydrogen-bond acceptors (Lipinski definition) is 11. The number of aromatic amines is 1. The van der Waals surface area contributed by atoms with Crippen molar-refractivity contribution in [2.24, 2.45) is 0 Å². The highest BCUT2D eigenvalue weighted by Crippen LogP contribution is 2.48. The van der Waals surface area contributed by atoms with Gasteiger partial charge >= 0.3 is 0 Å². The summed E-state index contributed by atoms with van der Waals surface area (Å²) in [6.07, 6.45) is 0. The predicted molar refractivity (Wildman–Crippen MR) is 194 cm³/mol. The van der Waals surface area contributed by atoms with Gasteiger partial charge in [0.05, 0.1) is 32.9 Å². The standard InChI is InChI=1S/C36H24N2O13S3/c1-18-11-14-25(28(15-18)54(48,49)50)51-26-17-24(37-23-13-12-20(52(42,43)44)16-27(23)53(45,46)47)30-31-29(21-9-5-6-10-22(21)35(30)40)32(36(41)38-33(26)31)34(39)19-7-3-2-4-8-19/h2-17,37H,1H3,(H,38,41)(H,42,43,44)(H,45,46,47)(H,48,49,50). The smallest absolute Gasteiger partial charge is 0.298 e. The van der Waals surface area contributed by atoms with Crippen molar-refractivity contribution in [3.8, 4) is 22.6 Å². The zero-order valence-corrected chi connectivity index (χ0v) is 29.8. The third kappa shape index (κ3) is 6.36. The Kier molecular flexibility index (Phi) is 8.64. The second-order valence-corrected chi connectivity index (χ2v) is 16.3. The molecular formula is C36H24N2O13S3. The maximum atomic E-state index is 14.5. The predicted octanol–water partition coefficient (Wildman–Crippen LogP) is 5.55. The minimum atomic E-state index is -5.23. The zero-order chi connectivity index (χ0) is 38.9. The number of carbonyl (C=O) groups is 2. The molecule has 0 saturated heterocycles. The van der Waals surface area contributed by atoms with Crippen LogP contribution in [0.2, 0.25) is 0 Å². The molecule has 54 heavy (non-hydrogen) atoms. The van der Waals surface area contributed by atoms with E-state index in [-0.39, 0.29) is 55.7 Å². The lowest BCUT2D eigenvalue weighted by molar-refractivity contribution is 0.102. The normalized spacial score (nSPS) is 12.7. The number of anilines is 2. The molecule has 15 nitrogen and oxygen atoms in total. The molecule has 5 N–H and O–H groups in total. The van der Waals surface area contributed by atoms with Crippen molar-refractivity contribution in [3.05, 3.63) is 135 Å². The van der Waals surface area contributed by atoms with E-state index in [0.717, 1.165) is 24.3 Å². The van der Waals surface area contributed by atoms with Crippen LogP contribution in [0.4, 0.5) is 11.4 Å². The second kappa shape index (κ2) is 12.8. The molecule has 0 spiro atoms. The maximum absolute atomic E-state index is 14.5. The molecule has 1 aliphatic carbocycles. The Morgan fingerprint density at radius 3 is 1.96 bits per heavy atom. The number of fused-ring (bicyclic) bond motifs is 2. The number of H-pyrrole nitrogens is 1. The summed E-state index contributed by atoms with van der Waals surface area (Å²) in [7, 11) is -15.1. The molecule has 0 atom stereocenters. The van der Waals surface area contributed by atoms with Gasteiger partial charge in [0.25, 0.3) is 35.9 Å². The van der Waals surface area contributed by atoms with Gasteiger partial charge in [0.2, 0.25) is 0 Å². The van der Waals surface area contributed by atoms with Crippen LogP contribution < -0.4 is 15.6 Å². The summed E-state index contributed by atoms with van der Waals surface area (Å²) in [6, 6.07) is 20.9. The highest BCUT2D eigenvalue weighted by molar-refractivity contribution is 7.87. The van der Waals surface area contributed by atoms with Gasteiger partial charge in [0, 0.05) is 28.1 Å². The fourth-order valence-corrected chi connectivity index (χ4v) is 8.21. The fraction of sp³-hybridized carbons (Fsp3) is 0.0278. The first kappa shape index (κ1) is 36.3. The lowest BCUT2D eigenvalue weighted by Gasteiger charge is -2.26. The maximum Gasteiger partial charge on any atom is 0.298 e. The number of benzene rings is 5. The molecule has 5 aromatic carbocycles. The summed E-state index contributed by atoms with van der Waals surface area (Å²) >= 11 is 0. The van der Waals surface area contributed by atoms with Crippen LogP contribution in [0, 0.1) is 6.92 Å². The number of carbonyl (C=O) groups excluding carboxylic acids is 2. The van der Waals surface area contributed by atoms with Gasteiger partial charge < -0.3 is 15.0 Å². The number of ketones is 2. The van der Waals surface area contributed by atoms with E-state index in [9.17, 15) is 53.3 Å². The Hall–Kier alpha value is -6.02. The number of hydrogen-bond donors (Lipinski definition) is 5. The van der Waals surface area contributed by atoms with Gasteiger partial charge in [-0.1, -0.05) is 60.7 Å². The Morgan fingerprint density at radius 1 is 0.667 bits per heavy atom. The minimum absolute atomic E-state index is 0.0275. The van der Waals surface area contributed by atoms with Crippen molar-refractivity contribution in [1.29, 1.82) is 0 Å². The fourth-order valence-electron chi connectivity index (χ4n) is 6.26. The lowest BCUT2D eigenvalue weighted by Crippen LogP contribution is -2.24. The van der Waals surface area contributed by atoms with Crippen molar-refractivity contribution in [2.45, 2.75) is 21.6 Å². The molecule has 0 radical (unpaired) electrons. The molecular weight excluding hydrogens is 765 g/mol. The van der Waals surface area contributed by atoms with Gasteiger partial charge in [-0.05, 0) is 48.4 Å². The molecule has 1 aliphatic rings. The summed E-state index contributed by atoms with van der Waals surface area (Å²) in [5, 5.41) is 2.61. The van der Waals surface area contributed by atoms with Gasteiger partial charge in [-0.2, -0.15) is 25.3 Å². The Balaban J connectivity index is 1.62. The zero-order valence-electron chi connectivity index (χ0n) is 27.4. The number of rotatable bonds is 9. The van der Waals surface area contributed by atoms with Crippen molar-refractivity contribution in [3.63, 3.8) is 0 Å². The number of ether oxygens (including phenoxy) is 1. The highest BCUT2D eigenvalue weighted by atomic mass is 32.2. The molecule has 0 unspecified atom stereocenters. The van der Waals surface area contributed by atoms with E-state index in [1.54, 1.807) is 31.2 Å². The monoisotopic (exact) mass is 788 g/mol. The number of pyridine rings is 1. The topological polar surface area (TPSA) is 251 Å². The van der Waals surface area contributed by atoms with Gasteiger partial charge in [-0.25, -0.2) is 0 Å². The summed E-state index contributed by atoms with van der Waals surface area (Å²) in [5.74, 6) is -2.22. The van der Waals surface area contributed by atoms with Gasteiger partial charge in [-0.15, -0.1) is 0 Å². The molecule has 0 amide bonds. The SMILES string of the molecule is Cc1ccc(Oc2cc(Nc3ccc(S(=O)(=O)O)cc3S(=O)(=O)O)c3c4c(c(C(=O)c5ccccc5)c(=O)[nH]c24)-c2ccccc2C3=O)c(S(=O)(=O)O)c1. The van der Waals surface area contributed by atoms with Crippen molar-refractivity contribution in [2.75, 3.05) is 5.32 Å². The molecule has 0 fully saturated rings. The van der Waals surface area contributed by atoms with Crippen LogP contribution in [0.1, 0.15) is 37.4 Å². The quantitative estimate of drug-likeness (QED) is 0.0888. The van der Waals surface area contributed by atoms with Crippen molar-refractivity contribution >= 4 is 64.2 Å². The van der Waals surface area contributed by atoms with E-state index in [4.69, 9.17) is 4.74 Å². The first-order chi connectivity index (χ1) is 25.3. The number of nitrogens with one attached hydrogen (secondary N) is 2. The second-order valence-electron chi connectivity index (χ2n) is 12.1. The van der Waals surface area contributed by atoms with Crippen LogP contribution in [0.5, 0.6) is 11.5 Å². The Labute approximate surface area is 306 Å². The van der Waals surface area contributed by atoms with Crippen LogP contribution in [0.3, 0.4) is 0 Å². The first-order valence-electron chi connectivity index (χ1n) is 15.5. The van der Waals surface area contributed by atoms with Crippen LogP contribution in [-0.4, -0.2) is 55.5 Å². The van der Waals surface area contributed by atoms with Gasteiger partial charge in [-0.3, -0.25) is 28.0 Å². The summed E-state index contributed by atoms with van der Waals surface area (Å²) in [6.45, 7) is 1.55. The molecule has 274 valence electrons. The third-order valence-electron chi connectivity index (χ3n) is 8.58. The van der Waals surface area contributed by atoms with Crippen molar-refractivity contribution < 1.29 is 53.2 Å². The number of aryl methyl sites for hydroxylation is 1. The summed E-state index contributed by atoms with van der Waals surface area (Å²) in [4.78, 5) is 42.6. The summed E-state index contributed by atoms with van der Waals surface area (Å²) < 4.78 is 109.